The normalized spacial score (nSPS) is 14.1. The summed E-state index contributed by atoms with van der Waals surface area (Å²) >= 11 is 7.02. The zero-order valence-electron chi connectivity index (χ0n) is 27.8. The highest BCUT2D eigenvalue weighted by Crippen LogP contribution is 2.42. The minimum atomic E-state index is -0.415. The first kappa shape index (κ1) is 31.9. The third kappa shape index (κ3) is 5.62. The minimum Gasteiger partial charge on any atom is -0.493 e. The molecule has 0 saturated carbocycles. The third-order valence-electron chi connectivity index (χ3n) is 9.47. The number of nitrogens with zero attached hydrogens (tertiary/aromatic N) is 5. The maximum Gasteiger partial charge on any atom is 0.354 e. The van der Waals surface area contributed by atoms with Crippen LogP contribution in [0.1, 0.15) is 50.8 Å². The minimum absolute atomic E-state index is 0.288. The third-order valence-corrected chi connectivity index (χ3v) is 9.79. The molecule has 3 aromatic heterocycles. The molecule has 7 rings (SSSR count). The molecule has 6 aromatic rings. The van der Waals surface area contributed by atoms with E-state index in [1.54, 1.807) is 12.1 Å². The molecular formula is C37H38ClFN6O3. The summed E-state index contributed by atoms with van der Waals surface area (Å²) in [4.78, 5) is 13.3. The molecular weight excluding hydrogens is 631 g/mol. The Morgan fingerprint density at radius 2 is 1.83 bits per heavy atom. The van der Waals surface area contributed by atoms with Gasteiger partial charge >= 0.3 is 5.97 Å². The standard InChI is InChI=1S/C37H38ClFN6O3/c1-21-33-31-12-11-29(38)35(33)34-22(2)43(3)42-30(34)20-40-19-26-18-27(44(4)41-26)9-7-23-15-24-17-25(39)8-10-28(24)32(16-23)48-14-6-13-45(31)36(21)37(46)47-5/h8,10-12,15-18,40H,6-7,9,13-14,19-20H2,1-5H3. The number of aromatic nitrogens is 5. The summed E-state index contributed by atoms with van der Waals surface area (Å²) in [5.41, 5.74) is 8.84. The SMILES string of the molecule is COC(=O)c1c(C)c2c3c(Cl)ccc2n1CCCOc1cc(cc2cc(F)ccc12)CCc1cc(nn1C)CNCc1nn(C)c(C)c1-3. The second-order valence-corrected chi connectivity index (χ2v) is 12.9. The number of hydrogen-bond acceptors (Lipinski definition) is 6. The smallest absolute Gasteiger partial charge is 0.354 e. The van der Waals surface area contributed by atoms with Crippen molar-refractivity contribution in [3.63, 3.8) is 0 Å². The maximum absolute atomic E-state index is 14.3. The Kier molecular flexibility index (Phi) is 8.47. The first-order valence-electron chi connectivity index (χ1n) is 16.1. The summed E-state index contributed by atoms with van der Waals surface area (Å²) in [5.74, 6) is 0.00387. The number of fused-ring (bicyclic) bond motifs is 8. The second kappa shape index (κ2) is 12.7. The summed E-state index contributed by atoms with van der Waals surface area (Å²) in [6, 6.07) is 14.8. The van der Waals surface area contributed by atoms with Gasteiger partial charge in [0.1, 0.15) is 17.3 Å². The largest absolute Gasteiger partial charge is 0.493 e. The van der Waals surface area contributed by atoms with E-state index in [1.165, 1.54) is 13.2 Å². The van der Waals surface area contributed by atoms with E-state index >= 15 is 0 Å². The van der Waals surface area contributed by atoms with Crippen molar-refractivity contribution in [1.29, 1.82) is 0 Å². The highest BCUT2D eigenvalue weighted by molar-refractivity contribution is 6.35. The van der Waals surface area contributed by atoms with Gasteiger partial charge in [0.05, 0.1) is 25.1 Å². The van der Waals surface area contributed by atoms with Gasteiger partial charge < -0.3 is 19.4 Å². The molecule has 9 nitrogen and oxygen atoms in total. The van der Waals surface area contributed by atoms with Gasteiger partial charge in [-0.1, -0.05) is 17.7 Å². The quantitative estimate of drug-likeness (QED) is 0.190. The Labute approximate surface area is 283 Å². The summed E-state index contributed by atoms with van der Waals surface area (Å²) < 4.78 is 31.8. The molecule has 48 heavy (non-hydrogen) atoms. The van der Waals surface area contributed by atoms with E-state index in [0.29, 0.717) is 49.1 Å². The zero-order valence-corrected chi connectivity index (χ0v) is 28.5. The van der Waals surface area contributed by atoms with Crippen LogP contribution in [0.25, 0.3) is 32.8 Å². The van der Waals surface area contributed by atoms with Gasteiger partial charge in [-0.2, -0.15) is 10.2 Å². The van der Waals surface area contributed by atoms with Crippen molar-refractivity contribution in [1.82, 2.24) is 29.4 Å². The lowest BCUT2D eigenvalue weighted by Crippen LogP contribution is -2.14. The fourth-order valence-electron chi connectivity index (χ4n) is 7.08. The number of hydrogen-bond donors (Lipinski definition) is 1. The van der Waals surface area contributed by atoms with Crippen molar-refractivity contribution in [3.8, 4) is 16.9 Å². The average molecular weight is 669 g/mol. The Balaban J connectivity index is 1.37. The monoisotopic (exact) mass is 668 g/mol. The van der Waals surface area contributed by atoms with Gasteiger partial charge in [0, 0.05) is 77.6 Å². The highest BCUT2D eigenvalue weighted by atomic mass is 35.5. The van der Waals surface area contributed by atoms with Crippen molar-refractivity contribution in [3.05, 3.63) is 99.0 Å². The van der Waals surface area contributed by atoms with Crippen LogP contribution in [0, 0.1) is 19.7 Å². The number of benzene rings is 3. The van der Waals surface area contributed by atoms with Gasteiger partial charge in [-0.15, -0.1) is 0 Å². The molecule has 0 amide bonds. The topological polar surface area (TPSA) is 88.1 Å². The molecule has 0 unspecified atom stereocenters. The zero-order chi connectivity index (χ0) is 33.7. The maximum atomic E-state index is 14.3. The Morgan fingerprint density at radius 1 is 1.00 bits per heavy atom. The Hall–Kier alpha value is -4.67. The van der Waals surface area contributed by atoms with Gasteiger partial charge in [0.15, 0.2) is 0 Å². The lowest BCUT2D eigenvalue weighted by molar-refractivity contribution is 0.0587. The van der Waals surface area contributed by atoms with Crippen LogP contribution in [0.3, 0.4) is 0 Å². The molecule has 8 bridgehead atoms. The van der Waals surface area contributed by atoms with E-state index in [4.69, 9.17) is 31.3 Å². The van der Waals surface area contributed by atoms with Crippen LogP contribution >= 0.6 is 11.6 Å². The van der Waals surface area contributed by atoms with Gasteiger partial charge in [0.25, 0.3) is 0 Å². The molecule has 3 aromatic carbocycles. The number of carbonyl (C=O) groups is 1. The van der Waals surface area contributed by atoms with E-state index in [0.717, 1.165) is 79.5 Å². The summed E-state index contributed by atoms with van der Waals surface area (Å²) in [6.07, 6.45) is 2.11. The lowest BCUT2D eigenvalue weighted by Gasteiger charge is -2.14. The van der Waals surface area contributed by atoms with E-state index < -0.39 is 5.97 Å². The van der Waals surface area contributed by atoms with Crippen LogP contribution in [0.15, 0.2) is 48.5 Å². The second-order valence-electron chi connectivity index (χ2n) is 12.5. The first-order chi connectivity index (χ1) is 23.1. The van der Waals surface area contributed by atoms with Crippen LogP contribution in [-0.4, -0.2) is 43.8 Å². The number of halogens is 2. The number of carbonyl (C=O) groups excluding carboxylic acids is 1. The molecule has 1 N–H and O–H groups in total. The van der Waals surface area contributed by atoms with E-state index in [-0.39, 0.29) is 5.82 Å². The molecule has 248 valence electrons. The number of nitrogens with one attached hydrogen (secondary N) is 1. The van der Waals surface area contributed by atoms with Crippen LogP contribution in [0.2, 0.25) is 5.02 Å². The predicted octanol–water partition coefficient (Wildman–Crippen LogP) is 6.98. The molecule has 0 atom stereocenters. The molecule has 1 aliphatic rings. The fraction of sp³-hybridized carbons (Fsp3) is 0.324. The summed E-state index contributed by atoms with van der Waals surface area (Å²) in [5, 5.41) is 16.3. The Bertz CT molecular complexity index is 2210. The van der Waals surface area contributed by atoms with Crippen molar-refractivity contribution < 1.29 is 18.7 Å². The molecule has 1 aliphatic heterocycles. The first-order valence-corrected chi connectivity index (χ1v) is 16.5. The van der Waals surface area contributed by atoms with E-state index in [2.05, 4.69) is 17.4 Å². The number of ether oxygens (including phenoxy) is 2. The van der Waals surface area contributed by atoms with Crippen molar-refractivity contribution in [2.45, 2.75) is 52.7 Å². The van der Waals surface area contributed by atoms with Crippen LogP contribution in [0.4, 0.5) is 4.39 Å². The van der Waals surface area contributed by atoms with Crippen LogP contribution in [0.5, 0.6) is 5.75 Å². The molecule has 0 radical (unpaired) electrons. The number of aryl methyl sites for hydroxylation is 6. The highest BCUT2D eigenvalue weighted by Gasteiger charge is 2.27. The fourth-order valence-corrected chi connectivity index (χ4v) is 7.33. The molecule has 0 saturated heterocycles. The van der Waals surface area contributed by atoms with Crippen molar-refractivity contribution in [2.75, 3.05) is 13.7 Å². The lowest BCUT2D eigenvalue weighted by atomic mass is 9.96. The number of esters is 1. The number of rotatable bonds is 1. The Morgan fingerprint density at radius 3 is 2.65 bits per heavy atom. The average Bonchev–Trinajstić information content (AvgIpc) is 3.66. The molecule has 0 fully saturated rings. The predicted molar refractivity (Wildman–Crippen MR) is 185 cm³/mol. The molecule has 0 spiro atoms. The molecule has 0 aliphatic carbocycles. The van der Waals surface area contributed by atoms with Crippen LogP contribution in [-0.2, 0) is 51.3 Å². The number of methoxy groups -OCH3 is 1. The van der Waals surface area contributed by atoms with Gasteiger partial charge in [0.2, 0.25) is 0 Å². The molecule has 4 heterocycles. The summed E-state index contributed by atoms with van der Waals surface area (Å²) in [7, 11) is 5.29. The molecule has 11 heteroatoms. The van der Waals surface area contributed by atoms with Crippen molar-refractivity contribution >= 4 is 39.2 Å². The van der Waals surface area contributed by atoms with E-state index in [9.17, 15) is 9.18 Å². The summed E-state index contributed by atoms with van der Waals surface area (Å²) in [6.45, 7) is 5.91. The van der Waals surface area contributed by atoms with Gasteiger partial charge in [-0.25, -0.2) is 9.18 Å². The van der Waals surface area contributed by atoms with Crippen LogP contribution < -0.4 is 10.1 Å². The van der Waals surface area contributed by atoms with Gasteiger partial charge in [-0.3, -0.25) is 9.36 Å². The van der Waals surface area contributed by atoms with E-state index in [1.807, 2.05) is 60.1 Å². The van der Waals surface area contributed by atoms with Crippen molar-refractivity contribution in [2.24, 2.45) is 14.1 Å². The van der Waals surface area contributed by atoms with Gasteiger partial charge in [-0.05, 0) is 92.1 Å².